The van der Waals surface area contributed by atoms with Gasteiger partial charge < -0.3 is 25.2 Å². The molecule has 2 aliphatic rings. The molecule has 4 amide bonds. The summed E-state index contributed by atoms with van der Waals surface area (Å²) in [5.74, 6) is -4.86. The number of amides is 4. The van der Waals surface area contributed by atoms with E-state index in [1.165, 1.54) is 17.1 Å². The number of hydrazine groups is 1. The third-order valence-corrected chi connectivity index (χ3v) is 6.57. The maximum atomic E-state index is 13.7. The highest BCUT2D eigenvalue weighted by molar-refractivity contribution is 6.43. The summed E-state index contributed by atoms with van der Waals surface area (Å²) in [5, 5.41) is 16.9. The maximum absolute atomic E-state index is 13.7. The van der Waals surface area contributed by atoms with Crippen LogP contribution in [0.3, 0.4) is 0 Å². The van der Waals surface area contributed by atoms with E-state index in [0.717, 1.165) is 5.01 Å². The Morgan fingerprint density at radius 3 is 2.22 bits per heavy atom. The van der Waals surface area contributed by atoms with Crippen LogP contribution in [0.15, 0.2) is 30.3 Å². The summed E-state index contributed by atoms with van der Waals surface area (Å²) in [5.41, 5.74) is 0.144. The first kappa shape index (κ1) is 31.7. The zero-order chi connectivity index (χ0) is 30.3. The minimum Gasteiger partial charge on any atom is -0.481 e. The van der Waals surface area contributed by atoms with E-state index >= 15 is 0 Å². The van der Waals surface area contributed by atoms with Crippen LogP contribution in [0.5, 0.6) is 0 Å². The summed E-state index contributed by atoms with van der Waals surface area (Å²) >= 11 is 0. The van der Waals surface area contributed by atoms with Gasteiger partial charge in [0.05, 0.1) is 24.7 Å². The number of fused-ring (bicyclic) bond motifs is 1. The van der Waals surface area contributed by atoms with Crippen LogP contribution in [0.2, 0.25) is 0 Å². The SMILES string of the molecule is CC(C)OC(OC(C)C)C(CC(=O)O)NC(=O)C1CCCN2C(=O)CCC(NC(=O)C(=O)c3ccccc3)C(=O)N12. The first-order valence-electron chi connectivity index (χ1n) is 13.8. The van der Waals surface area contributed by atoms with Gasteiger partial charge in [-0.05, 0) is 47.0 Å². The molecule has 0 radical (unpaired) electrons. The lowest BCUT2D eigenvalue weighted by Crippen LogP contribution is -2.65. The van der Waals surface area contributed by atoms with E-state index in [2.05, 4.69) is 10.6 Å². The van der Waals surface area contributed by atoms with Crippen molar-refractivity contribution in [2.24, 2.45) is 0 Å². The minimum absolute atomic E-state index is 0.0546. The van der Waals surface area contributed by atoms with Gasteiger partial charge in [0.15, 0.2) is 6.29 Å². The summed E-state index contributed by atoms with van der Waals surface area (Å²) in [6, 6.07) is 4.35. The van der Waals surface area contributed by atoms with Gasteiger partial charge in [0, 0.05) is 18.5 Å². The highest BCUT2D eigenvalue weighted by atomic mass is 16.7. The average Bonchev–Trinajstić information content (AvgIpc) is 3.03. The number of ether oxygens (including phenoxy) is 2. The maximum Gasteiger partial charge on any atom is 0.305 e. The fourth-order valence-electron chi connectivity index (χ4n) is 4.79. The molecule has 13 nitrogen and oxygen atoms in total. The largest absolute Gasteiger partial charge is 0.481 e. The molecule has 3 rings (SSSR count). The first-order chi connectivity index (χ1) is 19.4. The molecule has 3 unspecified atom stereocenters. The van der Waals surface area contributed by atoms with E-state index < -0.39 is 66.2 Å². The lowest BCUT2D eigenvalue weighted by Gasteiger charge is -2.43. The zero-order valence-electron chi connectivity index (χ0n) is 23.7. The number of ketones is 1. The predicted octanol–water partition coefficient (Wildman–Crippen LogP) is 1.02. The first-order valence-corrected chi connectivity index (χ1v) is 13.8. The number of aliphatic carboxylic acids is 1. The molecule has 1 aromatic rings. The summed E-state index contributed by atoms with van der Waals surface area (Å²) in [7, 11) is 0. The number of nitrogens with zero attached hydrogens (tertiary/aromatic N) is 2. The predicted molar refractivity (Wildman–Crippen MR) is 144 cm³/mol. The van der Waals surface area contributed by atoms with Gasteiger partial charge in [0.1, 0.15) is 12.1 Å². The zero-order valence-corrected chi connectivity index (χ0v) is 23.7. The Hall–Kier alpha value is -3.84. The van der Waals surface area contributed by atoms with E-state index in [4.69, 9.17) is 9.47 Å². The van der Waals surface area contributed by atoms with Crippen molar-refractivity contribution in [2.45, 2.75) is 96.4 Å². The minimum atomic E-state index is -1.23. The van der Waals surface area contributed by atoms with Crippen LogP contribution in [0.1, 0.15) is 70.2 Å². The molecule has 0 aromatic heterocycles. The molecule has 0 aliphatic carbocycles. The lowest BCUT2D eigenvalue weighted by atomic mass is 10.0. The van der Waals surface area contributed by atoms with Crippen LogP contribution in [-0.2, 0) is 33.4 Å². The third-order valence-electron chi connectivity index (χ3n) is 6.57. The van der Waals surface area contributed by atoms with E-state index in [0.29, 0.717) is 6.42 Å². The van der Waals surface area contributed by atoms with Crippen LogP contribution in [0.25, 0.3) is 0 Å². The van der Waals surface area contributed by atoms with Crippen LogP contribution in [0.4, 0.5) is 0 Å². The molecule has 224 valence electrons. The van der Waals surface area contributed by atoms with Gasteiger partial charge in [-0.25, -0.2) is 5.01 Å². The normalized spacial score (nSPS) is 20.1. The second kappa shape index (κ2) is 14.2. The Morgan fingerprint density at radius 2 is 1.63 bits per heavy atom. The van der Waals surface area contributed by atoms with Crippen molar-refractivity contribution in [3.8, 4) is 0 Å². The summed E-state index contributed by atoms with van der Waals surface area (Å²) in [6.45, 7) is 7.16. The molecule has 0 spiro atoms. The van der Waals surface area contributed by atoms with Gasteiger partial charge in [0.2, 0.25) is 17.6 Å². The van der Waals surface area contributed by atoms with Gasteiger partial charge in [0.25, 0.3) is 11.8 Å². The second-order valence-corrected chi connectivity index (χ2v) is 10.6. The molecule has 41 heavy (non-hydrogen) atoms. The molecule has 1 aromatic carbocycles. The molecule has 2 aliphatic heterocycles. The second-order valence-electron chi connectivity index (χ2n) is 10.6. The van der Waals surface area contributed by atoms with Crippen molar-refractivity contribution in [3.63, 3.8) is 0 Å². The monoisotopic (exact) mass is 574 g/mol. The van der Waals surface area contributed by atoms with Crippen LogP contribution < -0.4 is 10.6 Å². The van der Waals surface area contributed by atoms with Crippen molar-refractivity contribution in [1.82, 2.24) is 20.7 Å². The summed E-state index contributed by atoms with van der Waals surface area (Å²) in [4.78, 5) is 77.3. The summed E-state index contributed by atoms with van der Waals surface area (Å²) in [6.07, 6.45) is -1.84. The van der Waals surface area contributed by atoms with Crippen LogP contribution in [0, 0.1) is 0 Å². The molecule has 13 heteroatoms. The van der Waals surface area contributed by atoms with Crippen molar-refractivity contribution in [3.05, 3.63) is 35.9 Å². The van der Waals surface area contributed by atoms with Gasteiger partial charge in [-0.3, -0.25) is 33.8 Å². The highest BCUT2D eigenvalue weighted by Crippen LogP contribution is 2.25. The van der Waals surface area contributed by atoms with Crippen LogP contribution in [-0.4, -0.2) is 93.7 Å². The fraction of sp³-hybridized carbons (Fsp3) is 0.571. The molecule has 2 saturated heterocycles. The van der Waals surface area contributed by atoms with Gasteiger partial charge >= 0.3 is 5.97 Å². The van der Waals surface area contributed by atoms with Crippen molar-refractivity contribution in [2.75, 3.05) is 6.54 Å². The molecular formula is C28H38N4O9. The molecule has 2 fully saturated rings. The highest BCUT2D eigenvalue weighted by Gasteiger charge is 2.45. The van der Waals surface area contributed by atoms with Gasteiger partial charge in [-0.1, -0.05) is 30.3 Å². The number of rotatable bonds is 12. The standard InChI is InChI=1S/C28H38N4O9/c1-16(2)40-28(41-17(3)4)20(15-23(34)35)30-25(37)21-11-8-14-31-22(33)13-12-19(27(39)32(21)31)29-26(38)24(36)18-9-6-5-7-10-18/h5-7,9-10,16-17,19-21,28H,8,11-15H2,1-4H3,(H,29,38)(H,30,37)(H,34,35). The van der Waals surface area contributed by atoms with E-state index in [-0.39, 0.29) is 43.6 Å². The number of carboxylic acid groups (broad SMARTS) is 1. The Labute approximate surface area is 238 Å². The number of benzene rings is 1. The number of hydrogen-bond acceptors (Lipinski definition) is 8. The van der Waals surface area contributed by atoms with Crippen LogP contribution >= 0.6 is 0 Å². The van der Waals surface area contributed by atoms with Crippen molar-refractivity contribution >= 4 is 35.4 Å². The number of Topliss-reactive ketones (excluding diaryl/α,β-unsaturated/α-hetero) is 1. The Balaban J connectivity index is 1.84. The van der Waals surface area contributed by atoms with E-state index in [1.54, 1.807) is 45.9 Å². The summed E-state index contributed by atoms with van der Waals surface area (Å²) < 4.78 is 11.5. The number of hydrogen-bond donors (Lipinski definition) is 3. The quantitative estimate of drug-likeness (QED) is 0.187. The average molecular weight is 575 g/mol. The topological polar surface area (TPSA) is 172 Å². The smallest absolute Gasteiger partial charge is 0.305 e. The van der Waals surface area contributed by atoms with Gasteiger partial charge in [-0.15, -0.1) is 0 Å². The molecule has 3 atom stereocenters. The van der Waals surface area contributed by atoms with E-state index in [9.17, 15) is 33.9 Å². The van der Waals surface area contributed by atoms with Crippen molar-refractivity contribution < 1.29 is 43.3 Å². The Bertz CT molecular complexity index is 1130. The number of carboxylic acids is 1. The molecule has 0 saturated carbocycles. The Morgan fingerprint density at radius 1 is 1.00 bits per heavy atom. The van der Waals surface area contributed by atoms with Gasteiger partial charge in [-0.2, -0.15) is 0 Å². The molecule has 0 bridgehead atoms. The van der Waals surface area contributed by atoms with E-state index in [1.807, 2.05) is 0 Å². The molecule has 2 heterocycles. The third kappa shape index (κ3) is 8.33. The molecule has 3 N–H and O–H groups in total. The van der Waals surface area contributed by atoms with Crippen molar-refractivity contribution in [1.29, 1.82) is 0 Å². The Kier molecular flexibility index (Phi) is 11.0. The fourth-order valence-corrected chi connectivity index (χ4v) is 4.79. The number of nitrogens with one attached hydrogen (secondary N) is 2. The number of carbonyl (C=O) groups excluding carboxylic acids is 5. The molecular weight excluding hydrogens is 536 g/mol. The lowest BCUT2D eigenvalue weighted by molar-refractivity contribution is -0.200. The number of carbonyl (C=O) groups is 6.